The molecule has 0 saturated carbocycles. The number of unbranched alkanes of at least 4 members (excludes halogenated alkanes) is 15. The predicted octanol–water partition coefficient (Wildman–Crippen LogP) is 8.26. The summed E-state index contributed by atoms with van der Waals surface area (Å²) in [6.07, 6.45) is 28.0. The number of aliphatic carboxylic acids is 1. The molecular formula is C36H69O7P. The van der Waals surface area contributed by atoms with Gasteiger partial charge in [-0.2, -0.15) is 0 Å². The van der Waals surface area contributed by atoms with E-state index in [0.29, 0.717) is 6.42 Å². The number of hydrogen-bond donors (Lipinski definition) is 1. The lowest BCUT2D eigenvalue weighted by molar-refractivity contribution is -0.302. The molecule has 0 aliphatic rings. The molecule has 1 atom stereocenters. The summed E-state index contributed by atoms with van der Waals surface area (Å²) in [4.78, 5) is 33.2. The van der Waals surface area contributed by atoms with E-state index >= 15 is 0 Å². The Bertz CT molecular complexity index is 680. The topological polar surface area (TPSA) is 113 Å². The van der Waals surface area contributed by atoms with E-state index in [9.17, 15) is 14.7 Å². The van der Waals surface area contributed by atoms with Crippen molar-refractivity contribution in [3.05, 3.63) is 12.2 Å². The van der Waals surface area contributed by atoms with Crippen molar-refractivity contribution in [3.8, 4) is 0 Å². The minimum Gasteiger partial charge on any atom is -0.550 e. The Morgan fingerprint density at radius 2 is 0.977 bits per heavy atom. The number of carboxylic acids is 1. The maximum absolute atomic E-state index is 12.7. The third kappa shape index (κ3) is 30.6. The summed E-state index contributed by atoms with van der Waals surface area (Å²) in [5.41, 5.74) is 0.283. The zero-order valence-corrected chi connectivity index (χ0v) is 30.2. The Balaban J connectivity index is 0. The molecule has 0 amide bonds. The molecule has 0 aromatic heterocycles. The molecule has 44 heavy (non-hydrogen) atoms. The Labute approximate surface area is 271 Å². The van der Waals surface area contributed by atoms with Gasteiger partial charge in [0.15, 0.2) is 0 Å². The Morgan fingerprint density at radius 3 is 1.34 bits per heavy atom. The minimum absolute atomic E-state index is 0.139. The number of carboxylic acid groups (broad SMARTS) is 1. The van der Waals surface area contributed by atoms with E-state index in [0.717, 1.165) is 13.1 Å². The fraction of sp³-hybridized carbons (Fsp3) is 0.861. The molecule has 8 heteroatoms. The number of hydrogen-bond acceptors (Lipinski definition) is 7. The van der Waals surface area contributed by atoms with Crippen molar-refractivity contribution < 1.29 is 34.1 Å². The molecule has 260 valence electrons. The van der Waals surface area contributed by atoms with Crippen molar-refractivity contribution >= 4 is 25.2 Å². The fourth-order valence-corrected chi connectivity index (χ4v) is 9.97. The van der Waals surface area contributed by atoms with Gasteiger partial charge < -0.3 is 24.5 Å². The molecule has 0 aromatic carbocycles. The van der Waals surface area contributed by atoms with Gasteiger partial charge in [-0.15, -0.1) is 0 Å². The highest BCUT2D eigenvalue weighted by atomic mass is 31.2. The lowest BCUT2D eigenvalue weighted by Crippen LogP contribution is -2.26. The van der Waals surface area contributed by atoms with Crippen LogP contribution in [0.3, 0.4) is 0 Å². The third-order valence-corrected chi connectivity index (χ3v) is 12.9. The van der Waals surface area contributed by atoms with E-state index in [1.54, 1.807) is 6.92 Å². The quantitative estimate of drug-likeness (QED) is 0.0377. The first-order valence-corrected chi connectivity index (χ1v) is 20.2. The first-order chi connectivity index (χ1) is 21.0. The van der Waals surface area contributed by atoms with Gasteiger partial charge in [0.2, 0.25) is 0 Å². The predicted molar refractivity (Wildman–Crippen MR) is 185 cm³/mol. The smallest absolute Gasteiger partial charge is 0.333 e. The number of rotatable bonds is 29. The molecule has 0 bridgehead atoms. The van der Waals surface area contributed by atoms with Gasteiger partial charge in [-0.3, -0.25) is 4.79 Å². The second-order valence-electron chi connectivity index (χ2n) is 12.5. The molecule has 0 aromatic rings. The number of carbonyl (C=O) groups is 3. The summed E-state index contributed by atoms with van der Waals surface area (Å²) >= 11 is 0. The fourth-order valence-electron chi connectivity index (χ4n) is 5.29. The van der Waals surface area contributed by atoms with Gasteiger partial charge in [0, 0.05) is 18.8 Å². The first kappa shape index (κ1) is 44.7. The second kappa shape index (κ2) is 31.5. The van der Waals surface area contributed by atoms with E-state index < -0.39 is 25.3 Å². The van der Waals surface area contributed by atoms with Crippen LogP contribution < -0.4 is 5.11 Å². The molecule has 0 heterocycles. The highest BCUT2D eigenvalue weighted by molar-refractivity contribution is 7.75. The molecule has 0 aliphatic carbocycles. The van der Waals surface area contributed by atoms with Gasteiger partial charge in [-0.1, -0.05) is 104 Å². The van der Waals surface area contributed by atoms with E-state index in [-0.39, 0.29) is 24.8 Å². The molecule has 1 unspecified atom stereocenters. The number of aliphatic hydroxyl groups is 1. The van der Waals surface area contributed by atoms with E-state index in [4.69, 9.17) is 19.4 Å². The van der Waals surface area contributed by atoms with Crippen molar-refractivity contribution in [1.29, 1.82) is 0 Å². The highest BCUT2D eigenvalue weighted by Crippen LogP contribution is 2.61. The highest BCUT2D eigenvalue weighted by Gasteiger charge is 2.36. The van der Waals surface area contributed by atoms with Crippen LogP contribution in [-0.4, -0.2) is 67.0 Å². The Hall–Kier alpha value is -1.46. The molecule has 0 radical (unpaired) electrons. The average molecular weight is 645 g/mol. The van der Waals surface area contributed by atoms with Crippen LogP contribution >= 0.6 is 7.26 Å². The molecular weight excluding hydrogens is 575 g/mol. The molecule has 0 saturated heterocycles. The van der Waals surface area contributed by atoms with Crippen molar-refractivity contribution in [2.45, 2.75) is 163 Å². The lowest BCUT2D eigenvalue weighted by Gasteiger charge is -2.28. The van der Waals surface area contributed by atoms with Crippen molar-refractivity contribution in [3.63, 3.8) is 0 Å². The summed E-state index contributed by atoms with van der Waals surface area (Å²) in [7, 11) is -1.24. The molecule has 0 spiro atoms. The lowest BCUT2D eigenvalue weighted by atomic mass is 10.1. The van der Waals surface area contributed by atoms with Crippen LogP contribution in [0.15, 0.2) is 12.2 Å². The van der Waals surface area contributed by atoms with Gasteiger partial charge in [0.05, 0.1) is 31.1 Å². The molecule has 7 nitrogen and oxygen atoms in total. The maximum atomic E-state index is 12.7. The number of aliphatic hydroxyl groups excluding tert-OH is 1. The number of esters is 2. The zero-order valence-electron chi connectivity index (χ0n) is 29.3. The van der Waals surface area contributed by atoms with Crippen LogP contribution in [-0.2, 0) is 23.9 Å². The Morgan fingerprint density at radius 1 is 0.636 bits per heavy atom. The summed E-state index contributed by atoms with van der Waals surface area (Å²) in [6.45, 7) is 12.5. The normalized spacial score (nSPS) is 11.8. The Kier molecular flexibility index (Phi) is 32.0. The van der Waals surface area contributed by atoms with Crippen LogP contribution in [0.5, 0.6) is 0 Å². The van der Waals surface area contributed by atoms with Crippen molar-refractivity contribution in [2.75, 3.05) is 37.9 Å². The van der Waals surface area contributed by atoms with Crippen LogP contribution in [0.25, 0.3) is 0 Å². The number of ether oxygens (including phenoxy) is 2. The summed E-state index contributed by atoms with van der Waals surface area (Å²) < 4.78 is 10.4. The molecule has 0 rings (SSSR count). The maximum Gasteiger partial charge on any atom is 0.333 e. The number of carbonyl (C=O) groups excluding carboxylic acids is 3. The SMILES string of the molecule is C=C(C)C(=O)OCC(O)COC(=O)CC[P+](CCCCCCCC)(CCCCCCCC)CCCCCCCC.CC(=O)[O-]. The van der Waals surface area contributed by atoms with E-state index in [1.807, 2.05) is 0 Å². The molecule has 0 aliphatic heterocycles. The van der Waals surface area contributed by atoms with E-state index in [2.05, 4.69) is 27.4 Å². The minimum atomic E-state index is -1.24. The van der Waals surface area contributed by atoms with E-state index in [1.165, 1.54) is 134 Å². The average Bonchev–Trinajstić information content (AvgIpc) is 2.98. The van der Waals surface area contributed by atoms with Crippen LogP contribution in [0.2, 0.25) is 0 Å². The van der Waals surface area contributed by atoms with Gasteiger partial charge in [-0.05, 0) is 52.4 Å². The molecule has 0 fully saturated rings. The summed E-state index contributed by atoms with van der Waals surface area (Å²) in [5, 5.41) is 19.0. The monoisotopic (exact) mass is 644 g/mol. The first-order valence-electron chi connectivity index (χ1n) is 17.7. The largest absolute Gasteiger partial charge is 0.550 e. The third-order valence-electron chi connectivity index (χ3n) is 7.94. The van der Waals surface area contributed by atoms with Crippen LogP contribution in [0, 0.1) is 0 Å². The van der Waals surface area contributed by atoms with Crippen molar-refractivity contribution in [1.82, 2.24) is 0 Å². The van der Waals surface area contributed by atoms with Crippen LogP contribution in [0.1, 0.15) is 157 Å². The van der Waals surface area contributed by atoms with Gasteiger partial charge in [0.1, 0.15) is 19.3 Å². The van der Waals surface area contributed by atoms with Gasteiger partial charge in [-0.25, -0.2) is 4.79 Å². The van der Waals surface area contributed by atoms with Gasteiger partial charge >= 0.3 is 11.9 Å². The second-order valence-corrected chi connectivity index (χ2v) is 17.0. The van der Waals surface area contributed by atoms with Crippen molar-refractivity contribution in [2.24, 2.45) is 0 Å². The summed E-state index contributed by atoms with van der Waals surface area (Å²) in [6, 6.07) is 0. The molecule has 1 N–H and O–H groups in total. The van der Waals surface area contributed by atoms with Crippen LogP contribution in [0.4, 0.5) is 0 Å². The van der Waals surface area contributed by atoms with Gasteiger partial charge in [0.25, 0.3) is 0 Å². The summed E-state index contributed by atoms with van der Waals surface area (Å²) in [5.74, 6) is -1.86. The zero-order chi connectivity index (χ0) is 33.5. The standard InChI is InChI=1S/C34H66O5P.C2H4O2/c1-6-9-12-15-18-21-25-40(26-22-19-16-13-10-7-2,27-23-20-17-14-11-8-3)28-24-33(36)38-29-32(35)30-39-34(37)31(4)5;1-2(3)4/h32,35H,4,6-30H2,1-3,5H3;1H3,(H,3,4)/q+1;/p-1.